The summed E-state index contributed by atoms with van der Waals surface area (Å²) in [4.78, 5) is 26.1. The van der Waals surface area contributed by atoms with Crippen LogP contribution in [0.15, 0.2) is 42.5 Å². The molecule has 0 unspecified atom stereocenters. The van der Waals surface area contributed by atoms with Gasteiger partial charge in [-0.2, -0.15) is 8.78 Å². The van der Waals surface area contributed by atoms with E-state index in [1.165, 1.54) is 44.6 Å². The third-order valence-electron chi connectivity index (χ3n) is 4.64. The molecule has 0 radical (unpaired) electrons. The van der Waals surface area contributed by atoms with Gasteiger partial charge in [-0.05, 0) is 48.4 Å². The van der Waals surface area contributed by atoms with Crippen LogP contribution in [0, 0.1) is 0 Å². The summed E-state index contributed by atoms with van der Waals surface area (Å²) in [5, 5.41) is 2.73. The van der Waals surface area contributed by atoms with Crippen LogP contribution in [0.2, 0.25) is 0 Å². The van der Waals surface area contributed by atoms with Crippen molar-refractivity contribution >= 4 is 29.3 Å². The monoisotopic (exact) mass is 432 g/mol. The molecule has 2 aromatic carbocycles. The third-order valence-corrected chi connectivity index (χ3v) is 4.64. The fourth-order valence-electron chi connectivity index (χ4n) is 3.22. The minimum Gasteiger partial charge on any atom is -0.495 e. The highest BCUT2D eigenvalue weighted by atomic mass is 19.3. The van der Waals surface area contributed by atoms with Gasteiger partial charge in [-0.15, -0.1) is 0 Å². The van der Waals surface area contributed by atoms with E-state index in [1.54, 1.807) is 23.1 Å². The molecule has 1 N–H and O–H groups in total. The number of carbonyl (C=O) groups is 2. The Balaban J connectivity index is 1.72. The van der Waals surface area contributed by atoms with Crippen LogP contribution >= 0.6 is 0 Å². The number of hydrogen-bond acceptors (Lipinski definition) is 5. The number of nitrogens with one attached hydrogen (secondary N) is 1. The zero-order valence-electron chi connectivity index (χ0n) is 17.1. The van der Waals surface area contributed by atoms with E-state index in [1.807, 2.05) is 0 Å². The molecule has 1 aliphatic heterocycles. The lowest BCUT2D eigenvalue weighted by molar-refractivity contribution is -0.117. The summed E-state index contributed by atoms with van der Waals surface area (Å²) in [5.74, 6) is 0.173. The maximum atomic E-state index is 12.4. The van der Waals surface area contributed by atoms with Gasteiger partial charge in [0.25, 0.3) is 0 Å². The number of rotatable bonds is 8. The second-order valence-corrected chi connectivity index (χ2v) is 6.65. The number of carbonyl (C=O) groups excluding carboxylic acids is 2. The molecule has 1 aliphatic rings. The fourth-order valence-corrected chi connectivity index (χ4v) is 3.22. The van der Waals surface area contributed by atoms with E-state index in [4.69, 9.17) is 9.47 Å². The number of hydrogen-bond donors (Lipinski definition) is 1. The summed E-state index contributed by atoms with van der Waals surface area (Å²) in [6.45, 7) is -2.37. The van der Waals surface area contributed by atoms with E-state index in [0.29, 0.717) is 35.7 Å². The smallest absolute Gasteiger partial charge is 0.387 e. The van der Waals surface area contributed by atoms with Crippen LogP contribution in [0.3, 0.4) is 0 Å². The van der Waals surface area contributed by atoms with Crippen LogP contribution < -0.4 is 24.4 Å². The normalized spacial score (nSPS) is 13.7. The molecule has 1 saturated heterocycles. The number of halogens is 2. The number of anilines is 2. The molecule has 9 heteroatoms. The fraction of sp³-hybridized carbons (Fsp3) is 0.273. The summed E-state index contributed by atoms with van der Waals surface area (Å²) in [5.41, 5.74) is 1.67. The molecular formula is C22H22F2N2O5. The first kappa shape index (κ1) is 22.1. The zero-order valence-corrected chi connectivity index (χ0v) is 17.1. The first-order chi connectivity index (χ1) is 14.9. The van der Waals surface area contributed by atoms with Crippen molar-refractivity contribution in [2.75, 3.05) is 31.0 Å². The number of alkyl halides is 2. The first-order valence-corrected chi connectivity index (χ1v) is 9.51. The van der Waals surface area contributed by atoms with E-state index >= 15 is 0 Å². The Morgan fingerprint density at radius 2 is 1.84 bits per heavy atom. The van der Waals surface area contributed by atoms with E-state index in [2.05, 4.69) is 10.1 Å². The van der Waals surface area contributed by atoms with Gasteiger partial charge < -0.3 is 24.4 Å². The Labute approximate surface area is 178 Å². The predicted molar refractivity (Wildman–Crippen MR) is 112 cm³/mol. The SMILES string of the molecule is COc1cc(/C=C/C(=O)Nc2ccc(OC)c(N3CCCC3=O)c2)ccc1OC(F)F. The maximum Gasteiger partial charge on any atom is 0.387 e. The lowest BCUT2D eigenvalue weighted by Gasteiger charge is -2.20. The van der Waals surface area contributed by atoms with Crippen LogP contribution in [-0.2, 0) is 9.59 Å². The van der Waals surface area contributed by atoms with Gasteiger partial charge in [-0.3, -0.25) is 9.59 Å². The molecule has 31 heavy (non-hydrogen) atoms. The van der Waals surface area contributed by atoms with E-state index < -0.39 is 12.5 Å². The molecular weight excluding hydrogens is 410 g/mol. The van der Waals surface area contributed by atoms with E-state index in [-0.39, 0.29) is 17.4 Å². The Morgan fingerprint density at radius 1 is 1.10 bits per heavy atom. The molecule has 7 nitrogen and oxygen atoms in total. The van der Waals surface area contributed by atoms with Crippen molar-refractivity contribution in [1.29, 1.82) is 0 Å². The van der Waals surface area contributed by atoms with Crippen molar-refractivity contribution in [2.24, 2.45) is 0 Å². The Morgan fingerprint density at radius 3 is 2.48 bits per heavy atom. The Hall–Kier alpha value is -3.62. The highest BCUT2D eigenvalue weighted by molar-refractivity contribution is 6.03. The molecule has 164 valence electrons. The van der Waals surface area contributed by atoms with Gasteiger partial charge in [-0.1, -0.05) is 6.07 Å². The van der Waals surface area contributed by atoms with Gasteiger partial charge in [0.15, 0.2) is 11.5 Å². The first-order valence-electron chi connectivity index (χ1n) is 9.51. The lowest BCUT2D eigenvalue weighted by Crippen LogP contribution is -2.24. The van der Waals surface area contributed by atoms with Crippen LogP contribution in [0.4, 0.5) is 20.2 Å². The number of methoxy groups -OCH3 is 2. The molecule has 1 heterocycles. The summed E-state index contributed by atoms with van der Waals surface area (Å²) in [7, 11) is 2.85. The average molecular weight is 432 g/mol. The highest BCUT2D eigenvalue weighted by Gasteiger charge is 2.24. The molecule has 0 spiro atoms. The lowest BCUT2D eigenvalue weighted by atomic mass is 10.2. The van der Waals surface area contributed by atoms with Gasteiger partial charge >= 0.3 is 6.61 Å². The van der Waals surface area contributed by atoms with Gasteiger partial charge in [0, 0.05) is 24.7 Å². The number of ether oxygens (including phenoxy) is 3. The van der Waals surface area contributed by atoms with Crippen molar-refractivity contribution in [3.8, 4) is 17.2 Å². The molecule has 0 bridgehead atoms. The zero-order chi connectivity index (χ0) is 22.4. The third kappa shape index (κ3) is 5.50. The van der Waals surface area contributed by atoms with Gasteiger partial charge in [0.05, 0.1) is 19.9 Å². The minimum atomic E-state index is -2.97. The summed E-state index contributed by atoms with van der Waals surface area (Å²) < 4.78 is 39.6. The molecule has 2 amide bonds. The molecule has 0 saturated carbocycles. The van der Waals surface area contributed by atoms with E-state index in [0.717, 1.165) is 6.42 Å². The predicted octanol–water partition coefficient (Wildman–Crippen LogP) is 4.08. The molecule has 0 atom stereocenters. The Kier molecular flexibility index (Phi) is 7.07. The second-order valence-electron chi connectivity index (χ2n) is 6.65. The Bertz CT molecular complexity index is 994. The largest absolute Gasteiger partial charge is 0.495 e. The molecule has 0 aromatic heterocycles. The topological polar surface area (TPSA) is 77.1 Å². The van der Waals surface area contributed by atoms with Crippen LogP contribution in [-0.4, -0.2) is 39.2 Å². The summed E-state index contributed by atoms with van der Waals surface area (Å²) in [6, 6.07) is 9.39. The number of benzene rings is 2. The molecule has 2 aromatic rings. The second kappa shape index (κ2) is 9.92. The van der Waals surface area contributed by atoms with Crippen LogP contribution in [0.5, 0.6) is 17.2 Å². The van der Waals surface area contributed by atoms with Gasteiger partial charge in [0.1, 0.15) is 5.75 Å². The quantitative estimate of drug-likeness (QED) is 0.636. The summed E-state index contributed by atoms with van der Waals surface area (Å²) >= 11 is 0. The van der Waals surface area contributed by atoms with Crippen molar-refractivity contribution in [2.45, 2.75) is 19.5 Å². The maximum absolute atomic E-state index is 12.4. The van der Waals surface area contributed by atoms with Gasteiger partial charge in [-0.25, -0.2) is 0 Å². The highest BCUT2D eigenvalue weighted by Crippen LogP contribution is 2.34. The van der Waals surface area contributed by atoms with Crippen molar-refractivity contribution in [1.82, 2.24) is 0 Å². The van der Waals surface area contributed by atoms with Crippen molar-refractivity contribution in [3.05, 3.63) is 48.0 Å². The number of nitrogens with zero attached hydrogens (tertiary/aromatic N) is 1. The van der Waals surface area contributed by atoms with E-state index in [9.17, 15) is 18.4 Å². The minimum absolute atomic E-state index is 0.00916. The molecule has 0 aliphatic carbocycles. The standard InChI is InChI=1S/C22H22F2N2O5/c1-29-17-9-7-15(13-16(17)26-11-3-4-21(26)28)25-20(27)10-6-14-5-8-18(31-22(23)24)19(12-14)30-2/h5-10,12-13,22H,3-4,11H2,1-2H3,(H,25,27)/b10-6+. The van der Waals surface area contributed by atoms with Gasteiger partial charge in [0.2, 0.25) is 11.8 Å². The molecule has 3 rings (SSSR count). The molecule has 1 fully saturated rings. The van der Waals surface area contributed by atoms with Crippen molar-refractivity contribution in [3.63, 3.8) is 0 Å². The average Bonchev–Trinajstić information content (AvgIpc) is 3.18. The summed E-state index contributed by atoms with van der Waals surface area (Å²) in [6.07, 6.45) is 4.06. The van der Waals surface area contributed by atoms with Crippen LogP contribution in [0.1, 0.15) is 18.4 Å². The van der Waals surface area contributed by atoms with Crippen LogP contribution in [0.25, 0.3) is 6.08 Å². The number of amides is 2. The van der Waals surface area contributed by atoms with Crippen molar-refractivity contribution < 1.29 is 32.6 Å².